The van der Waals surface area contributed by atoms with Gasteiger partial charge < -0.3 is 9.47 Å². The van der Waals surface area contributed by atoms with Crippen molar-refractivity contribution in [3.05, 3.63) is 57.6 Å². The summed E-state index contributed by atoms with van der Waals surface area (Å²) in [6.45, 7) is 0. The molecule has 0 aliphatic heterocycles. The normalized spacial score (nSPS) is 12.1. The van der Waals surface area contributed by atoms with E-state index in [4.69, 9.17) is 9.47 Å². The molecule has 0 heterocycles. The van der Waals surface area contributed by atoms with E-state index in [0.717, 1.165) is 16.6 Å². The van der Waals surface area contributed by atoms with E-state index in [1.54, 1.807) is 18.2 Å². The number of halogens is 4. The van der Waals surface area contributed by atoms with Gasteiger partial charge >= 0.3 is 0 Å². The van der Waals surface area contributed by atoms with Crippen LogP contribution in [-0.2, 0) is 0 Å². The van der Waals surface area contributed by atoms with Crippen LogP contribution >= 0.6 is 31.9 Å². The third-order valence-electron chi connectivity index (χ3n) is 3.01. The molecule has 2 aromatic carbocycles. The predicted molar refractivity (Wildman–Crippen MR) is 84.4 cm³/mol. The van der Waals surface area contributed by atoms with E-state index in [0.29, 0.717) is 11.3 Å². The van der Waals surface area contributed by atoms with E-state index in [2.05, 4.69) is 31.9 Å². The fourth-order valence-corrected chi connectivity index (χ4v) is 3.13. The van der Waals surface area contributed by atoms with Crippen LogP contribution in [0.2, 0.25) is 0 Å². The maximum atomic E-state index is 14.1. The Hall–Kier alpha value is -1.14. The van der Waals surface area contributed by atoms with Crippen LogP contribution in [0.5, 0.6) is 11.5 Å². The molecule has 0 N–H and O–H groups in total. The van der Waals surface area contributed by atoms with E-state index in [-0.39, 0.29) is 11.3 Å². The highest BCUT2D eigenvalue weighted by molar-refractivity contribution is 9.10. The molecule has 0 aliphatic rings. The van der Waals surface area contributed by atoms with Gasteiger partial charge in [-0.1, -0.05) is 37.9 Å². The summed E-state index contributed by atoms with van der Waals surface area (Å²) in [5.41, 5.74) is 0.542. The number of benzene rings is 2. The van der Waals surface area contributed by atoms with Crippen LogP contribution in [0.25, 0.3) is 0 Å². The second-order valence-electron chi connectivity index (χ2n) is 4.25. The summed E-state index contributed by atoms with van der Waals surface area (Å²) in [5.74, 6) is -0.700. The number of ether oxygens (including phenoxy) is 2. The van der Waals surface area contributed by atoms with Crippen LogP contribution in [0.4, 0.5) is 8.78 Å². The van der Waals surface area contributed by atoms with E-state index >= 15 is 0 Å². The maximum absolute atomic E-state index is 14.1. The number of methoxy groups -OCH3 is 2. The summed E-state index contributed by atoms with van der Waals surface area (Å²) in [5, 5.41) is 0. The molecule has 21 heavy (non-hydrogen) atoms. The molecule has 0 aliphatic carbocycles. The zero-order chi connectivity index (χ0) is 15.6. The largest absolute Gasteiger partial charge is 0.497 e. The first kappa shape index (κ1) is 16.2. The highest BCUT2D eigenvalue weighted by atomic mass is 79.9. The van der Waals surface area contributed by atoms with Gasteiger partial charge in [-0.2, -0.15) is 0 Å². The van der Waals surface area contributed by atoms with Gasteiger partial charge in [0.1, 0.15) is 23.1 Å². The number of rotatable bonds is 4. The van der Waals surface area contributed by atoms with Gasteiger partial charge in [0.05, 0.1) is 19.0 Å². The Kier molecular flexibility index (Phi) is 5.22. The topological polar surface area (TPSA) is 18.5 Å². The van der Waals surface area contributed by atoms with Crippen LogP contribution in [0.3, 0.4) is 0 Å². The van der Waals surface area contributed by atoms with Crippen LogP contribution in [0.1, 0.15) is 16.0 Å². The Balaban J connectivity index is 2.52. The monoisotopic (exact) mass is 420 g/mol. The van der Waals surface area contributed by atoms with E-state index in [1.165, 1.54) is 14.2 Å². The fraction of sp³-hybridized carbons (Fsp3) is 0.200. The van der Waals surface area contributed by atoms with Crippen molar-refractivity contribution < 1.29 is 18.3 Å². The van der Waals surface area contributed by atoms with Crippen molar-refractivity contribution in [2.75, 3.05) is 14.2 Å². The summed E-state index contributed by atoms with van der Waals surface area (Å²) in [7, 11) is 2.86. The highest BCUT2D eigenvalue weighted by Crippen LogP contribution is 2.40. The van der Waals surface area contributed by atoms with Gasteiger partial charge in [-0.05, 0) is 12.1 Å². The second-order valence-corrected chi connectivity index (χ2v) is 6.08. The van der Waals surface area contributed by atoms with E-state index in [1.807, 2.05) is 0 Å². The minimum atomic E-state index is -0.682. The lowest BCUT2D eigenvalue weighted by Gasteiger charge is -2.17. The van der Waals surface area contributed by atoms with Crippen molar-refractivity contribution in [1.29, 1.82) is 0 Å². The van der Waals surface area contributed by atoms with Crippen molar-refractivity contribution in [2.24, 2.45) is 0 Å². The molecule has 0 saturated carbocycles. The maximum Gasteiger partial charge on any atom is 0.134 e. The molecular weight excluding hydrogens is 410 g/mol. The van der Waals surface area contributed by atoms with Gasteiger partial charge in [-0.25, -0.2) is 8.78 Å². The third-order valence-corrected chi connectivity index (χ3v) is 4.45. The molecule has 0 fully saturated rings. The molecule has 2 rings (SSSR count). The van der Waals surface area contributed by atoms with Crippen molar-refractivity contribution in [2.45, 2.75) is 4.83 Å². The van der Waals surface area contributed by atoms with Crippen LogP contribution in [-0.4, -0.2) is 14.2 Å². The Morgan fingerprint density at radius 1 is 1.00 bits per heavy atom. The zero-order valence-corrected chi connectivity index (χ0v) is 14.5. The Morgan fingerprint density at radius 2 is 1.62 bits per heavy atom. The van der Waals surface area contributed by atoms with Gasteiger partial charge in [0.2, 0.25) is 0 Å². The first-order chi connectivity index (χ1) is 9.97. The lowest BCUT2D eigenvalue weighted by molar-refractivity contribution is 0.404. The summed E-state index contributed by atoms with van der Waals surface area (Å²) >= 11 is 6.67. The molecule has 112 valence electrons. The molecule has 0 bridgehead atoms. The van der Waals surface area contributed by atoms with Gasteiger partial charge in [0.25, 0.3) is 0 Å². The standard InChI is InChI=1S/C15H12Br2F2O2/c1-20-9-6-11(18)14(12(19)7-9)15(17)10-4-3-8(16)5-13(10)21-2/h3-7,15H,1-2H3. The van der Waals surface area contributed by atoms with Gasteiger partial charge in [-0.15, -0.1) is 0 Å². The molecule has 0 aromatic heterocycles. The lowest BCUT2D eigenvalue weighted by atomic mass is 10.0. The number of hydrogen-bond donors (Lipinski definition) is 0. The molecule has 1 unspecified atom stereocenters. The molecule has 2 aromatic rings. The predicted octanol–water partition coefficient (Wildman–Crippen LogP) is 5.23. The average Bonchev–Trinajstić information content (AvgIpc) is 2.45. The minimum Gasteiger partial charge on any atom is -0.497 e. The molecule has 0 saturated heterocycles. The average molecular weight is 422 g/mol. The highest BCUT2D eigenvalue weighted by Gasteiger charge is 2.23. The molecule has 0 amide bonds. The fourth-order valence-electron chi connectivity index (χ4n) is 1.97. The molecular formula is C15H12Br2F2O2. The first-order valence-electron chi connectivity index (χ1n) is 5.98. The van der Waals surface area contributed by atoms with Crippen molar-refractivity contribution in [1.82, 2.24) is 0 Å². The van der Waals surface area contributed by atoms with Gasteiger partial charge in [0.15, 0.2) is 0 Å². The summed E-state index contributed by atoms with van der Waals surface area (Å²) in [4.78, 5) is -0.675. The molecule has 0 spiro atoms. The summed E-state index contributed by atoms with van der Waals surface area (Å²) in [6, 6.07) is 7.57. The van der Waals surface area contributed by atoms with Gasteiger partial charge in [0, 0.05) is 27.7 Å². The smallest absolute Gasteiger partial charge is 0.134 e. The van der Waals surface area contributed by atoms with Crippen LogP contribution in [0.15, 0.2) is 34.8 Å². The molecule has 0 radical (unpaired) electrons. The van der Waals surface area contributed by atoms with E-state index < -0.39 is 16.5 Å². The first-order valence-corrected chi connectivity index (χ1v) is 7.69. The summed E-state index contributed by atoms with van der Waals surface area (Å²) < 4.78 is 39.2. The molecule has 6 heteroatoms. The lowest BCUT2D eigenvalue weighted by Crippen LogP contribution is -2.03. The Morgan fingerprint density at radius 3 is 2.14 bits per heavy atom. The quantitative estimate of drug-likeness (QED) is 0.629. The Bertz CT molecular complexity index is 639. The summed E-state index contributed by atoms with van der Waals surface area (Å²) in [6.07, 6.45) is 0. The minimum absolute atomic E-state index is 0.0866. The van der Waals surface area contributed by atoms with E-state index in [9.17, 15) is 8.78 Å². The van der Waals surface area contributed by atoms with Crippen molar-refractivity contribution >= 4 is 31.9 Å². The third kappa shape index (κ3) is 3.37. The second kappa shape index (κ2) is 6.75. The zero-order valence-electron chi connectivity index (χ0n) is 11.3. The van der Waals surface area contributed by atoms with Gasteiger partial charge in [-0.3, -0.25) is 0 Å². The van der Waals surface area contributed by atoms with Crippen molar-refractivity contribution in [3.8, 4) is 11.5 Å². The number of alkyl halides is 1. The molecule has 2 nitrogen and oxygen atoms in total. The SMILES string of the molecule is COc1cc(F)c(C(Br)c2ccc(Br)cc2OC)c(F)c1. The molecule has 1 atom stereocenters. The van der Waals surface area contributed by atoms with Crippen molar-refractivity contribution in [3.63, 3.8) is 0 Å². The van der Waals surface area contributed by atoms with Crippen LogP contribution < -0.4 is 9.47 Å². The van der Waals surface area contributed by atoms with Crippen LogP contribution in [0, 0.1) is 11.6 Å². The Labute approximate surface area is 138 Å². The number of hydrogen-bond acceptors (Lipinski definition) is 2.